The Morgan fingerprint density at radius 3 is 2.42 bits per heavy atom. The Labute approximate surface area is 117 Å². The molecule has 1 saturated carbocycles. The van der Waals surface area contributed by atoms with Gasteiger partial charge in [-0.25, -0.2) is 8.42 Å². The lowest BCUT2D eigenvalue weighted by Crippen LogP contribution is -2.47. The van der Waals surface area contributed by atoms with Crippen molar-refractivity contribution in [2.75, 3.05) is 12.8 Å². The zero-order valence-corrected chi connectivity index (χ0v) is 13.3. The molecule has 1 aliphatic rings. The Hall–Kier alpha value is -0.390. The summed E-state index contributed by atoms with van der Waals surface area (Å²) in [4.78, 5) is 0.178. The lowest BCUT2D eigenvalue weighted by Gasteiger charge is -2.40. The highest BCUT2D eigenvalue weighted by Crippen LogP contribution is 2.37. The van der Waals surface area contributed by atoms with Gasteiger partial charge in [0.15, 0.2) is 9.84 Å². The molecule has 0 aliphatic heterocycles. The summed E-state index contributed by atoms with van der Waals surface area (Å²) >= 11 is 0. The summed E-state index contributed by atoms with van der Waals surface area (Å²) in [7, 11) is -3.20. The smallest absolute Gasteiger partial charge is 0.172 e. The second-order valence-corrected chi connectivity index (χ2v) is 8.86. The number of hydrogen-bond donors (Lipinski definition) is 2. The van der Waals surface area contributed by atoms with Crippen LogP contribution in [0.1, 0.15) is 40.0 Å². The molecule has 19 heavy (non-hydrogen) atoms. The maximum atomic E-state index is 11.3. The molecule has 1 rings (SSSR count). The van der Waals surface area contributed by atoms with Crippen LogP contribution in [-0.4, -0.2) is 38.5 Å². The van der Waals surface area contributed by atoms with Crippen LogP contribution in [0.3, 0.4) is 0 Å². The predicted octanol–water partition coefficient (Wildman–Crippen LogP) is 1.71. The number of aliphatic hydroxyl groups is 1. The third-order valence-electron chi connectivity index (χ3n) is 4.12. The highest BCUT2D eigenvalue weighted by Gasteiger charge is 2.34. The largest absolute Gasteiger partial charge is 0.392 e. The number of rotatable bonds is 4. The molecule has 0 aromatic heterocycles. The second kappa shape index (κ2) is 5.94. The fourth-order valence-electron chi connectivity index (χ4n) is 2.54. The molecule has 0 radical (unpaired) electrons. The van der Waals surface area contributed by atoms with Gasteiger partial charge in [-0.3, -0.25) is 0 Å². The first-order valence-corrected chi connectivity index (χ1v) is 8.70. The summed E-state index contributed by atoms with van der Waals surface area (Å²) in [5.74, 6) is 0.542. The summed E-state index contributed by atoms with van der Waals surface area (Å²) in [6.45, 7) is 10.4. The molecule has 0 spiro atoms. The minimum atomic E-state index is -3.20. The average molecular weight is 289 g/mol. The Bertz CT molecular complexity index is 422. The van der Waals surface area contributed by atoms with Crippen LogP contribution in [0.25, 0.3) is 0 Å². The number of sulfone groups is 1. The summed E-state index contributed by atoms with van der Waals surface area (Å²) in [6, 6.07) is -0.0449. The van der Waals surface area contributed by atoms with E-state index in [1.54, 1.807) is 0 Å². The minimum Gasteiger partial charge on any atom is -0.392 e. The molecule has 0 saturated heterocycles. The highest BCUT2D eigenvalue weighted by molar-refractivity contribution is 7.94. The molecule has 2 N–H and O–H groups in total. The van der Waals surface area contributed by atoms with Crippen LogP contribution in [0.5, 0.6) is 0 Å². The molecule has 0 aromatic rings. The molecule has 0 amide bonds. The third-order valence-corrected chi connectivity index (χ3v) is 5.32. The average Bonchev–Trinajstić information content (AvgIpc) is 2.24. The molecule has 0 heterocycles. The Morgan fingerprint density at radius 1 is 1.37 bits per heavy atom. The van der Waals surface area contributed by atoms with E-state index >= 15 is 0 Å². The summed E-state index contributed by atoms with van der Waals surface area (Å²) in [5.41, 5.74) is 0.216. The maximum Gasteiger partial charge on any atom is 0.172 e. The van der Waals surface area contributed by atoms with E-state index in [-0.39, 0.29) is 22.9 Å². The Kier molecular flexibility index (Phi) is 5.21. The van der Waals surface area contributed by atoms with Gasteiger partial charge in [0.1, 0.15) is 0 Å². The van der Waals surface area contributed by atoms with Gasteiger partial charge in [0.2, 0.25) is 0 Å². The molecule has 112 valence electrons. The SMILES string of the molecule is C=C(CNC1CC(C(C)(C)C)CCC1O)S(C)(=O)=O. The molecule has 4 nitrogen and oxygen atoms in total. The van der Waals surface area contributed by atoms with Crippen LogP contribution < -0.4 is 5.32 Å². The Balaban J connectivity index is 2.59. The van der Waals surface area contributed by atoms with Gasteiger partial charge >= 0.3 is 0 Å². The normalized spacial score (nSPS) is 29.2. The predicted molar refractivity (Wildman–Crippen MR) is 78.6 cm³/mol. The van der Waals surface area contributed by atoms with E-state index < -0.39 is 15.9 Å². The standard InChI is InChI=1S/C14H27NO3S/c1-10(19(5,17)18)9-15-12-8-11(14(2,3)4)6-7-13(12)16/h11-13,15-16H,1,6-9H2,2-5H3. The first-order valence-electron chi connectivity index (χ1n) is 6.81. The quantitative estimate of drug-likeness (QED) is 0.827. The number of hydrogen-bond acceptors (Lipinski definition) is 4. The lowest BCUT2D eigenvalue weighted by atomic mass is 9.70. The van der Waals surface area contributed by atoms with Crippen molar-refractivity contribution in [2.45, 2.75) is 52.2 Å². The molecular formula is C14H27NO3S. The fraction of sp³-hybridized carbons (Fsp3) is 0.857. The molecule has 0 bridgehead atoms. The lowest BCUT2D eigenvalue weighted by molar-refractivity contribution is 0.0409. The van der Waals surface area contributed by atoms with Crippen molar-refractivity contribution in [3.05, 3.63) is 11.5 Å². The maximum absolute atomic E-state index is 11.3. The summed E-state index contributed by atoms with van der Waals surface area (Å²) in [5, 5.41) is 13.2. The van der Waals surface area contributed by atoms with Gasteiger partial charge in [-0.1, -0.05) is 27.4 Å². The van der Waals surface area contributed by atoms with E-state index in [0.29, 0.717) is 5.92 Å². The van der Waals surface area contributed by atoms with Crippen molar-refractivity contribution in [1.29, 1.82) is 0 Å². The third kappa shape index (κ3) is 4.89. The number of aliphatic hydroxyl groups excluding tert-OH is 1. The van der Waals surface area contributed by atoms with E-state index in [4.69, 9.17) is 0 Å². The fourth-order valence-corrected chi connectivity index (χ4v) is 2.88. The summed E-state index contributed by atoms with van der Waals surface area (Å²) in [6.07, 6.45) is 3.43. The van der Waals surface area contributed by atoms with E-state index in [1.807, 2.05) is 0 Å². The highest BCUT2D eigenvalue weighted by atomic mass is 32.2. The molecule has 1 fully saturated rings. The zero-order valence-electron chi connectivity index (χ0n) is 12.4. The van der Waals surface area contributed by atoms with Crippen molar-refractivity contribution in [1.82, 2.24) is 5.32 Å². The molecule has 5 heteroatoms. The zero-order chi connectivity index (χ0) is 14.8. The van der Waals surface area contributed by atoms with Gasteiger partial charge in [-0.15, -0.1) is 0 Å². The molecular weight excluding hydrogens is 262 g/mol. The van der Waals surface area contributed by atoms with Gasteiger partial charge in [0.05, 0.1) is 11.0 Å². The number of nitrogens with one attached hydrogen (secondary N) is 1. The van der Waals surface area contributed by atoms with Crippen molar-refractivity contribution in [3.63, 3.8) is 0 Å². The van der Waals surface area contributed by atoms with Crippen LogP contribution in [0.2, 0.25) is 0 Å². The van der Waals surface area contributed by atoms with Gasteiger partial charge in [-0.05, 0) is 30.6 Å². The molecule has 3 atom stereocenters. The van der Waals surface area contributed by atoms with Crippen LogP contribution in [-0.2, 0) is 9.84 Å². The summed E-state index contributed by atoms with van der Waals surface area (Å²) < 4.78 is 22.6. The van der Waals surface area contributed by atoms with E-state index in [2.05, 4.69) is 32.7 Å². The van der Waals surface area contributed by atoms with Crippen LogP contribution >= 0.6 is 0 Å². The molecule has 3 unspecified atom stereocenters. The van der Waals surface area contributed by atoms with Gasteiger partial charge in [0, 0.05) is 18.8 Å². The van der Waals surface area contributed by atoms with Gasteiger partial charge in [0.25, 0.3) is 0 Å². The van der Waals surface area contributed by atoms with Crippen LogP contribution in [0.4, 0.5) is 0 Å². The Morgan fingerprint density at radius 2 is 1.95 bits per heavy atom. The van der Waals surface area contributed by atoms with Crippen LogP contribution in [0.15, 0.2) is 11.5 Å². The van der Waals surface area contributed by atoms with Gasteiger partial charge in [-0.2, -0.15) is 0 Å². The second-order valence-electron chi connectivity index (χ2n) is 6.74. The molecule has 0 aromatic carbocycles. The van der Waals surface area contributed by atoms with Crippen molar-refractivity contribution in [3.8, 4) is 0 Å². The first-order chi connectivity index (χ1) is 8.51. The van der Waals surface area contributed by atoms with Crippen LogP contribution in [0, 0.1) is 11.3 Å². The van der Waals surface area contributed by atoms with E-state index in [1.165, 1.54) is 0 Å². The topological polar surface area (TPSA) is 66.4 Å². The van der Waals surface area contributed by atoms with Gasteiger partial charge < -0.3 is 10.4 Å². The van der Waals surface area contributed by atoms with Crippen molar-refractivity contribution < 1.29 is 13.5 Å². The van der Waals surface area contributed by atoms with Crippen molar-refractivity contribution in [2.24, 2.45) is 11.3 Å². The first kappa shape index (κ1) is 16.7. The monoisotopic (exact) mass is 289 g/mol. The van der Waals surface area contributed by atoms with E-state index in [0.717, 1.165) is 25.5 Å². The minimum absolute atomic E-state index is 0.0449. The van der Waals surface area contributed by atoms with E-state index in [9.17, 15) is 13.5 Å². The van der Waals surface area contributed by atoms with Crippen molar-refractivity contribution >= 4 is 9.84 Å². The molecule has 1 aliphatic carbocycles.